The molecule has 0 bridgehead atoms. The summed E-state index contributed by atoms with van der Waals surface area (Å²) in [5, 5.41) is 7.55. The van der Waals surface area contributed by atoms with E-state index in [9.17, 15) is 4.79 Å². The molecule has 19 heavy (non-hydrogen) atoms. The first-order valence-corrected chi connectivity index (χ1v) is 7.60. The summed E-state index contributed by atoms with van der Waals surface area (Å²) in [6, 6.07) is 0.708. The molecule has 110 valence electrons. The first kappa shape index (κ1) is 14.6. The van der Waals surface area contributed by atoms with Crippen molar-refractivity contribution >= 4 is 6.09 Å². The molecule has 2 fully saturated rings. The van der Waals surface area contributed by atoms with Crippen LogP contribution in [0.4, 0.5) is 4.79 Å². The van der Waals surface area contributed by atoms with E-state index in [0.29, 0.717) is 6.04 Å². The van der Waals surface area contributed by atoms with Gasteiger partial charge in [0.1, 0.15) is 0 Å². The van der Waals surface area contributed by atoms with Crippen LogP contribution in [0.25, 0.3) is 0 Å². The van der Waals surface area contributed by atoms with Gasteiger partial charge in [-0.1, -0.05) is 6.92 Å². The maximum Gasteiger partial charge on any atom is 0.424 e. The molecular formula is C14H27N3O2. The van der Waals surface area contributed by atoms with Gasteiger partial charge in [-0.2, -0.15) is 0 Å². The van der Waals surface area contributed by atoms with E-state index in [4.69, 9.17) is 4.74 Å². The predicted molar refractivity (Wildman–Crippen MR) is 74.7 cm³/mol. The molecule has 2 aliphatic rings. The fourth-order valence-electron chi connectivity index (χ4n) is 3.31. The third kappa shape index (κ3) is 3.60. The maximum absolute atomic E-state index is 11.8. The molecule has 2 heterocycles. The van der Waals surface area contributed by atoms with Crippen LogP contribution < -0.4 is 5.32 Å². The Morgan fingerprint density at radius 3 is 2.63 bits per heavy atom. The molecule has 2 rings (SSSR count). The highest BCUT2D eigenvalue weighted by Gasteiger charge is 2.31. The summed E-state index contributed by atoms with van der Waals surface area (Å²) in [5.41, 5.74) is 0. The van der Waals surface area contributed by atoms with E-state index < -0.39 is 0 Å². The van der Waals surface area contributed by atoms with Crippen molar-refractivity contribution in [3.05, 3.63) is 0 Å². The summed E-state index contributed by atoms with van der Waals surface area (Å²) in [6.07, 6.45) is 5.72. The number of nitrogens with zero attached hydrogens (tertiary/aromatic N) is 2. The van der Waals surface area contributed by atoms with Crippen molar-refractivity contribution in [2.45, 2.75) is 45.1 Å². The van der Waals surface area contributed by atoms with E-state index >= 15 is 0 Å². The van der Waals surface area contributed by atoms with E-state index in [1.807, 2.05) is 0 Å². The summed E-state index contributed by atoms with van der Waals surface area (Å²) < 4.78 is 4.88. The van der Waals surface area contributed by atoms with E-state index in [-0.39, 0.29) is 6.09 Å². The van der Waals surface area contributed by atoms with Crippen LogP contribution in [0.3, 0.4) is 0 Å². The number of hydrogen-bond donors (Lipinski definition) is 1. The van der Waals surface area contributed by atoms with E-state index in [1.165, 1.54) is 39.3 Å². The summed E-state index contributed by atoms with van der Waals surface area (Å²) >= 11 is 0. The monoisotopic (exact) mass is 269 g/mol. The Labute approximate surface area is 116 Å². The van der Waals surface area contributed by atoms with Crippen LogP contribution in [0.1, 0.15) is 39.0 Å². The van der Waals surface area contributed by atoms with Gasteiger partial charge in [-0.15, -0.1) is 0 Å². The third-order valence-corrected chi connectivity index (χ3v) is 4.35. The molecule has 0 unspecified atom stereocenters. The highest BCUT2D eigenvalue weighted by atomic mass is 16.5. The molecule has 1 N–H and O–H groups in total. The Hall–Kier alpha value is -0.810. The minimum atomic E-state index is -0.223. The maximum atomic E-state index is 11.8. The Kier molecular flexibility index (Phi) is 5.45. The van der Waals surface area contributed by atoms with Gasteiger partial charge in [-0.05, 0) is 44.6 Å². The van der Waals surface area contributed by atoms with Crippen LogP contribution in [-0.2, 0) is 4.74 Å². The van der Waals surface area contributed by atoms with Gasteiger partial charge < -0.3 is 10.1 Å². The first-order chi connectivity index (χ1) is 9.26. The number of hydrazine groups is 1. The highest BCUT2D eigenvalue weighted by molar-refractivity contribution is 5.66. The van der Waals surface area contributed by atoms with Crippen molar-refractivity contribution in [2.75, 3.05) is 33.3 Å². The number of amides is 1. The molecule has 0 aliphatic carbocycles. The molecule has 0 aromatic carbocycles. The van der Waals surface area contributed by atoms with Gasteiger partial charge in [0, 0.05) is 25.7 Å². The van der Waals surface area contributed by atoms with Gasteiger partial charge in [0.05, 0.1) is 7.11 Å². The number of carbonyl (C=O) groups excluding carboxylic acids is 1. The topological polar surface area (TPSA) is 44.8 Å². The van der Waals surface area contributed by atoms with Crippen LogP contribution in [0.2, 0.25) is 0 Å². The zero-order valence-corrected chi connectivity index (χ0v) is 12.2. The lowest BCUT2D eigenvalue weighted by Gasteiger charge is -2.40. The Balaban J connectivity index is 1.84. The summed E-state index contributed by atoms with van der Waals surface area (Å²) in [5.74, 6) is 0.778. The molecule has 0 saturated carbocycles. The highest BCUT2D eigenvalue weighted by Crippen LogP contribution is 2.26. The smallest absolute Gasteiger partial charge is 0.424 e. The van der Waals surface area contributed by atoms with Crippen molar-refractivity contribution in [2.24, 2.45) is 5.92 Å². The number of ether oxygens (including phenoxy) is 1. The number of carbonyl (C=O) groups is 1. The molecule has 2 aliphatic heterocycles. The van der Waals surface area contributed by atoms with Crippen LogP contribution >= 0.6 is 0 Å². The quantitative estimate of drug-likeness (QED) is 0.846. The molecule has 0 aromatic rings. The standard InChI is InChI=1S/C14H27N3O2/c1-3-9-17(14(18)19-2)16-10-6-12(7-11-16)13-5-4-8-15-13/h12-13,15H,3-11H2,1-2H3/t13-/m0/s1. The van der Waals surface area contributed by atoms with Gasteiger partial charge in [-0.3, -0.25) is 0 Å². The fraction of sp³-hybridized carbons (Fsp3) is 0.929. The van der Waals surface area contributed by atoms with E-state index in [1.54, 1.807) is 5.01 Å². The lowest BCUT2D eigenvalue weighted by atomic mass is 9.89. The lowest BCUT2D eigenvalue weighted by Crippen LogP contribution is -2.51. The minimum Gasteiger partial charge on any atom is -0.452 e. The number of piperidine rings is 1. The van der Waals surface area contributed by atoms with Crippen molar-refractivity contribution in [3.8, 4) is 0 Å². The molecule has 0 radical (unpaired) electrons. The summed E-state index contributed by atoms with van der Waals surface area (Å²) in [7, 11) is 1.46. The molecule has 5 heteroatoms. The zero-order valence-electron chi connectivity index (χ0n) is 12.2. The first-order valence-electron chi connectivity index (χ1n) is 7.60. The van der Waals surface area contributed by atoms with E-state index in [2.05, 4.69) is 17.2 Å². The average molecular weight is 269 g/mol. The van der Waals surface area contributed by atoms with Gasteiger partial charge in [0.25, 0.3) is 0 Å². The second kappa shape index (κ2) is 7.10. The van der Waals surface area contributed by atoms with Crippen LogP contribution in [0.5, 0.6) is 0 Å². The number of nitrogens with one attached hydrogen (secondary N) is 1. The lowest BCUT2D eigenvalue weighted by molar-refractivity contribution is -0.0396. The van der Waals surface area contributed by atoms with Crippen LogP contribution in [0, 0.1) is 5.92 Å². The van der Waals surface area contributed by atoms with Crippen LogP contribution in [-0.4, -0.2) is 55.4 Å². The third-order valence-electron chi connectivity index (χ3n) is 4.35. The SMILES string of the molecule is CCCN(C(=O)OC)N1CCC([C@@H]2CCCN2)CC1. The summed E-state index contributed by atoms with van der Waals surface area (Å²) in [4.78, 5) is 11.8. The molecule has 1 atom stereocenters. The van der Waals surface area contributed by atoms with Gasteiger partial charge in [0.2, 0.25) is 0 Å². The zero-order chi connectivity index (χ0) is 13.7. The number of methoxy groups -OCH3 is 1. The van der Waals surface area contributed by atoms with Crippen molar-refractivity contribution in [1.82, 2.24) is 15.3 Å². The van der Waals surface area contributed by atoms with Crippen molar-refractivity contribution < 1.29 is 9.53 Å². The number of hydrogen-bond acceptors (Lipinski definition) is 4. The minimum absolute atomic E-state index is 0.223. The average Bonchev–Trinajstić information content (AvgIpc) is 2.98. The van der Waals surface area contributed by atoms with Crippen molar-refractivity contribution in [1.29, 1.82) is 0 Å². The predicted octanol–water partition coefficient (Wildman–Crippen LogP) is 1.84. The Bertz CT molecular complexity index is 284. The normalized spacial score (nSPS) is 25.5. The molecule has 0 spiro atoms. The molecule has 0 aromatic heterocycles. The van der Waals surface area contributed by atoms with Gasteiger partial charge in [0.15, 0.2) is 0 Å². The Morgan fingerprint density at radius 2 is 2.11 bits per heavy atom. The van der Waals surface area contributed by atoms with E-state index in [0.717, 1.165) is 32.0 Å². The molecule has 1 amide bonds. The number of rotatable bonds is 4. The summed E-state index contributed by atoms with van der Waals surface area (Å²) in [6.45, 7) is 5.95. The molecule has 5 nitrogen and oxygen atoms in total. The van der Waals surface area contributed by atoms with Gasteiger partial charge in [-0.25, -0.2) is 14.8 Å². The molecular weight excluding hydrogens is 242 g/mol. The van der Waals surface area contributed by atoms with Crippen LogP contribution in [0.15, 0.2) is 0 Å². The largest absolute Gasteiger partial charge is 0.452 e. The second-order valence-corrected chi connectivity index (χ2v) is 5.59. The Morgan fingerprint density at radius 1 is 1.37 bits per heavy atom. The van der Waals surface area contributed by atoms with Gasteiger partial charge >= 0.3 is 6.09 Å². The van der Waals surface area contributed by atoms with Crippen molar-refractivity contribution in [3.63, 3.8) is 0 Å². The fourth-order valence-corrected chi connectivity index (χ4v) is 3.31. The molecule has 2 saturated heterocycles. The second-order valence-electron chi connectivity index (χ2n) is 5.59.